The molecule has 3 rings (SSSR count). The van der Waals surface area contributed by atoms with Crippen LogP contribution in [0.1, 0.15) is 24.5 Å². The van der Waals surface area contributed by atoms with E-state index < -0.39 is 0 Å². The minimum Gasteiger partial charge on any atom is -0.493 e. The molecular weight excluding hydrogens is 404 g/mol. The standard InChI is InChI=1S/C25H36N4O3/c1-4-32-24-18-20(11-12-23(24)30-3)8-7-13-27-25(26-2)28-19-21-9-5-6-10-22(21)29-14-16-31-17-15-29/h5-6,9-12,18H,4,7-8,13-17,19H2,1-3H3,(H2,26,27,28). The number of hydrogen-bond donors (Lipinski definition) is 2. The second kappa shape index (κ2) is 12.8. The molecule has 7 heteroatoms. The Kier molecular flexibility index (Phi) is 9.50. The van der Waals surface area contributed by atoms with Gasteiger partial charge in [-0.25, -0.2) is 0 Å². The Morgan fingerprint density at radius 1 is 1.09 bits per heavy atom. The molecular formula is C25H36N4O3. The van der Waals surface area contributed by atoms with E-state index in [4.69, 9.17) is 14.2 Å². The van der Waals surface area contributed by atoms with Gasteiger partial charge in [0.15, 0.2) is 17.5 Å². The van der Waals surface area contributed by atoms with Crippen LogP contribution in [-0.2, 0) is 17.7 Å². The van der Waals surface area contributed by atoms with Crippen molar-refractivity contribution >= 4 is 11.6 Å². The van der Waals surface area contributed by atoms with Crippen molar-refractivity contribution in [2.24, 2.45) is 4.99 Å². The monoisotopic (exact) mass is 440 g/mol. The molecule has 0 aliphatic carbocycles. The lowest BCUT2D eigenvalue weighted by Crippen LogP contribution is -2.39. The molecule has 7 nitrogen and oxygen atoms in total. The number of morpholine rings is 1. The summed E-state index contributed by atoms with van der Waals surface area (Å²) in [5.74, 6) is 2.39. The lowest BCUT2D eigenvalue weighted by molar-refractivity contribution is 0.122. The van der Waals surface area contributed by atoms with Crippen LogP contribution in [0.4, 0.5) is 5.69 Å². The fourth-order valence-corrected chi connectivity index (χ4v) is 3.82. The van der Waals surface area contributed by atoms with Crippen molar-refractivity contribution in [3.63, 3.8) is 0 Å². The average Bonchev–Trinajstić information content (AvgIpc) is 2.85. The predicted molar refractivity (Wildman–Crippen MR) is 130 cm³/mol. The van der Waals surface area contributed by atoms with Gasteiger partial charge >= 0.3 is 0 Å². The number of hydrogen-bond acceptors (Lipinski definition) is 5. The van der Waals surface area contributed by atoms with E-state index in [9.17, 15) is 0 Å². The molecule has 2 aromatic carbocycles. The Bertz CT molecular complexity index is 866. The number of anilines is 1. The number of benzene rings is 2. The van der Waals surface area contributed by atoms with Crippen molar-refractivity contribution in [2.45, 2.75) is 26.3 Å². The second-order valence-electron chi connectivity index (χ2n) is 7.60. The third-order valence-electron chi connectivity index (χ3n) is 5.48. The molecule has 0 spiro atoms. The first-order valence-electron chi connectivity index (χ1n) is 11.4. The molecule has 0 amide bonds. The summed E-state index contributed by atoms with van der Waals surface area (Å²) in [7, 11) is 3.47. The molecule has 1 aliphatic rings. The summed E-state index contributed by atoms with van der Waals surface area (Å²) in [6, 6.07) is 14.7. The molecule has 1 fully saturated rings. The van der Waals surface area contributed by atoms with Crippen molar-refractivity contribution in [1.29, 1.82) is 0 Å². The van der Waals surface area contributed by atoms with Crippen molar-refractivity contribution in [1.82, 2.24) is 10.6 Å². The van der Waals surface area contributed by atoms with Crippen LogP contribution in [0.25, 0.3) is 0 Å². The molecule has 32 heavy (non-hydrogen) atoms. The SMILES string of the molecule is CCOc1cc(CCCNC(=NC)NCc2ccccc2N2CCOCC2)ccc1OC. The van der Waals surface area contributed by atoms with Gasteiger partial charge in [-0.1, -0.05) is 24.3 Å². The number of aryl methyl sites for hydroxylation is 1. The van der Waals surface area contributed by atoms with Gasteiger partial charge in [-0.15, -0.1) is 0 Å². The Morgan fingerprint density at radius 2 is 1.91 bits per heavy atom. The number of para-hydroxylation sites is 1. The van der Waals surface area contributed by atoms with E-state index in [1.54, 1.807) is 14.2 Å². The molecule has 0 bridgehead atoms. The fraction of sp³-hybridized carbons (Fsp3) is 0.480. The van der Waals surface area contributed by atoms with Crippen LogP contribution in [0.5, 0.6) is 11.5 Å². The molecule has 1 heterocycles. The van der Waals surface area contributed by atoms with Crippen LogP contribution in [0, 0.1) is 0 Å². The normalized spacial score (nSPS) is 14.2. The van der Waals surface area contributed by atoms with Crippen LogP contribution < -0.4 is 25.0 Å². The van der Waals surface area contributed by atoms with E-state index in [0.29, 0.717) is 6.61 Å². The van der Waals surface area contributed by atoms with Gasteiger partial charge in [0, 0.05) is 38.9 Å². The smallest absolute Gasteiger partial charge is 0.191 e. The summed E-state index contributed by atoms with van der Waals surface area (Å²) in [6.07, 6.45) is 1.94. The number of guanidine groups is 1. The van der Waals surface area contributed by atoms with E-state index in [1.807, 2.05) is 13.0 Å². The molecule has 0 aromatic heterocycles. The van der Waals surface area contributed by atoms with Crippen LogP contribution in [0.2, 0.25) is 0 Å². The maximum Gasteiger partial charge on any atom is 0.191 e. The first kappa shape index (κ1) is 23.7. The largest absolute Gasteiger partial charge is 0.493 e. The minimum absolute atomic E-state index is 0.623. The number of aliphatic imine (C=N–C) groups is 1. The lowest BCUT2D eigenvalue weighted by atomic mass is 10.1. The van der Waals surface area contributed by atoms with Crippen molar-refractivity contribution in [2.75, 3.05) is 58.5 Å². The summed E-state index contributed by atoms with van der Waals surface area (Å²) in [6.45, 7) is 7.59. The topological polar surface area (TPSA) is 67.4 Å². The van der Waals surface area contributed by atoms with Gasteiger partial charge < -0.3 is 29.7 Å². The van der Waals surface area contributed by atoms with Crippen molar-refractivity contribution in [3.05, 3.63) is 53.6 Å². The van der Waals surface area contributed by atoms with Gasteiger partial charge in [0.25, 0.3) is 0 Å². The van der Waals surface area contributed by atoms with Gasteiger partial charge in [-0.2, -0.15) is 0 Å². The highest BCUT2D eigenvalue weighted by Crippen LogP contribution is 2.28. The predicted octanol–water partition coefficient (Wildman–Crippen LogP) is 3.23. The molecule has 1 aliphatic heterocycles. The van der Waals surface area contributed by atoms with Crippen LogP contribution >= 0.6 is 0 Å². The third kappa shape index (κ3) is 6.79. The van der Waals surface area contributed by atoms with Crippen LogP contribution in [-0.4, -0.2) is 59.6 Å². The van der Waals surface area contributed by atoms with Crippen LogP contribution in [0.15, 0.2) is 47.5 Å². The Morgan fingerprint density at radius 3 is 2.66 bits per heavy atom. The van der Waals surface area contributed by atoms with Gasteiger partial charge in [-0.3, -0.25) is 4.99 Å². The summed E-state index contributed by atoms with van der Waals surface area (Å²) in [4.78, 5) is 6.77. The number of nitrogens with one attached hydrogen (secondary N) is 2. The maximum absolute atomic E-state index is 5.68. The summed E-state index contributed by atoms with van der Waals surface area (Å²) >= 11 is 0. The third-order valence-corrected chi connectivity index (χ3v) is 5.48. The quantitative estimate of drug-likeness (QED) is 0.336. The zero-order valence-electron chi connectivity index (χ0n) is 19.5. The van der Waals surface area contributed by atoms with Gasteiger partial charge in [0.1, 0.15) is 0 Å². The number of methoxy groups -OCH3 is 1. The number of rotatable bonds is 10. The van der Waals surface area contributed by atoms with Crippen molar-refractivity contribution < 1.29 is 14.2 Å². The highest BCUT2D eigenvalue weighted by atomic mass is 16.5. The Hall–Kier alpha value is -2.93. The molecule has 174 valence electrons. The first-order chi connectivity index (χ1) is 15.7. The molecule has 1 saturated heterocycles. The van der Waals surface area contributed by atoms with Crippen molar-refractivity contribution in [3.8, 4) is 11.5 Å². The fourth-order valence-electron chi connectivity index (χ4n) is 3.82. The van der Waals surface area contributed by atoms with E-state index >= 15 is 0 Å². The number of nitrogens with zero attached hydrogens (tertiary/aromatic N) is 2. The van der Waals surface area contributed by atoms with E-state index in [0.717, 1.165) is 69.7 Å². The molecule has 0 radical (unpaired) electrons. The maximum atomic E-state index is 5.68. The zero-order chi connectivity index (χ0) is 22.6. The summed E-state index contributed by atoms with van der Waals surface area (Å²) in [5, 5.41) is 6.87. The minimum atomic E-state index is 0.623. The summed E-state index contributed by atoms with van der Waals surface area (Å²) in [5.41, 5.74) is 3.76. The van der Waals surface area contributed by atoms with E-state index in [-0.39, 0.29) is 0 Å². The highest BCUT2D eigenvalue weighted by molar-refractivity contribution is 5.79. The van der Waals surface area contributed by atoms with E-state index in [2.05, 4.69) is 56.9 Å². The van der Waals surface area contributed by atoms with E-state index in [1.165, 1.54) is 16.8 Å². The highest BCUT2D eigenvalue weighted by Gasteiger charge is 2.14. The zero-order valence-corrected chi connectivity index (χ0v) is 19.5. The molecule has 0 atom stereocenters. The van der Waals surface area contributed by atoms with Gasteiger partial charge in [0.05, 0.1) is 26.9 Å². The second-order valence-corrected chi connectivity index (χ2v) is 7.60. The summed E-state index contributed by atoms with van der Waals surface area (Å²) < 4.78 is 16.5. The molecule has 2 N–H and O–H groups in total. The van der Waals surface area contributed by atoms with Crippen LogP contribution in [0.3, 0.4) is 0 Å². The molecule has 0 unspecified atom stereocenters. The Labute approximate surface area is 191 Å². The Balaban J connectivity index is 1.47. The van der Waals surface area contributed by atoms with Gasteiger partial charge in [-0.05, 0) is 49.1 Å². The molecule has 2 aromatic rings. The first-order valence-corrected chi connectivity index (χ1v) is 11.4. The number of ether oxygens (including phenoxy) is 3. The lowest BCUT2D eigenvalue weighted by Gasteiger charge is -2.30. The molecule has 0 saturated carbocycles. The van der Waals surface area contributed by atoms with Gasteiger partial charge in [0.2, 0.25) is 0 Å². The average molecular weight is 441 g/mol.